The molecule has 0 radical (unpaired) electrons. The van der Waals surface area contributed by atoms with Crippen molar-refractivity contribution in [2.45, 2.75) is 13.8 Å². The summed E-state index contributed by atoms with van der Waals surface area (Å²) in [6.45, 7) is 9.83. The molecule has 3 nitrogen and oxygen atoms in total. The van der Waals surface area contributed by atoms with Crippen molar-refractivity contribution in [1.82, 2.24) is 9.88 Å². The van der Waals surface area contributed by atoms with Crippen molar-refractivity contribution in [3.05, 3.63) is 60.2 Å². The Balaban J connectivity index is 0.00000196. The van der Waals surface area contributed by atoms with E-state index in [-0.39, 0.29) is 12.4 Å². The van der Waals surface area contributed by atoms with E-state index >= 15 is 0 Å². The predicted molar refractivity (Wildman–Crippen MR) is 113 cm³/mol. The molecule has 1 fully saturated rings. The van der Waals surface area contributed by atoms with Gasteiger partial charge in [0.15, 0.2) is 0 Å². The highest BCUT2D eigenvalue weighted by atomic mass is 35.5. The highest BCUT2D eigenvalue weighted by Crippen LogP contribution is 2.31. The SMILES string of the molecule is CCN1CCN(c2nc(-c3ccccc3)cc3cc(C)ccc23)CC1.Cl. The average molecular weight is 368 g/mol. The van der Waals surface area contributed by atoms with E-state index in [9.17, 15) is 0 Å². The molecule has 136 valence electrons. The lowest BCUT2D eigenvalue weighted by atomic mass is 10.0. The molecule has 4 heteroatoms. The molecule has 26 heavy (non-hydrogen) atoms. The number of rotatable bonds is 3. The van der Waals surface area contributed by atoms with E-state index in [0.29, 0.717) is 0 Å². The van der Waals surface area contributed by atoms with Crippen LogP contribution < -0.4 is 4.90 Å². The molecule has 0 aliphatic carbocycles. The van der Waals surface area contributed by atoms with Crippen molar-refractivity contribution < 1.29 is 0 Å². The van der Waals surface area contributed by atoms with Gasteiger partial charge in [0.05, 0.1) is 5.69 Å². The van der Waals surface area contributed by atoms with Crippen LogP contribution in [-0.2, 0) is 0 Å². The quantitative estimate of drug-likeness (QED) is 0.664. The molecule has 0 unspecified atom stereocenters. The highest BCUT2D eigenvalue weighted by molar-refractivity contribution is 5.95. The zero-order chi connectivity index (χ0) is 17.2. The fraction of sp³-hybridized carbons (Fsp3) is 0.318. The fourth-order valence-electron chi connectivity index (χ4n) is 3.63. The Morgan fingerprint density at radius 2 is 1.65 bits per heavy atom. The van der Waals surface area contributed by atoms with E-state index in [2.05, 4.69) is 78.2 Å². The van der Waals surface area contributed by atoms with Gasteiger partial charge in [-0.25, -0.2) is 4.98 Å². The van der Waals surface area contributed by atoms with E-state index < -0.39 is 0 Å². The molecule has 0 saturated carbocycles. The van der Waals surface area contributed by atoms with Crippen molar-refractivity contribution in [3.8, 4) is 11.3 Å². The summed E-state index contributed by atoms with van der Waals surface area (Å²) in [6.07, 6.45) is 0. The van der Waals surface area contributed by atoms with Crippen molar-refractivity contribution in [2.24, 2.45) is 0 Å². The summed E-state index contributed by atoms with van der Waals surface area (Å²) >= 11 is 0. The van der Waals surface area contributed by atoms with Crippen LogP contribution in [0.4, 0.5) is 5.82 Å². The summed E-state index contributed by atoms with van der Waals surface area (Å²) < 4.78 is 0. The number of anilines is 1. The highest BCUT2D eigenvalue weighted by Gasteiger charge is 2.19. The number of likely N-dealkylation sites (N-methyl/N-ethyl adjacent to an activating group) is 1. The summed E-state index contributed by atoms with van der Waals surface area (Å²) in [7, 11) is 0. The molecule has 1 saturated heterocycles. The first-order chi connectivity index (χ1) is 12.2. The molecule has 1 aliphatic heterocycles. The van der Waals surface area contributed by atoms with Gasteiger partial charge in [-0.3, -0.25) is 0 Å². The molecule has 1 aliphatic rings. The summed E-state index contributed by atoms with van der Waals surface area (Å²) in [5, 5.41) is 2.54. The maximum absolute atomic E-state index is 5.08. The molecular weight excluding hydrogens is 342 g/mol. The van der Waals surface area contributed by atoms with Crippen LogP contribution >= 0.6 is 12.4 Å². The van der Waals surface area contributed by atoms with E-state index in [1.54, 1.807) is 0 Å². The monoisotopic (exact) mass is 367 g/mol. The number of nitrogens with zero attached hydrogens (tertiary/aromatic N) is 3. The number of piperazine rings is 1. The normalized spacial score (nSPS) is 15.1. The molecule has 4 rings (SSSR count). The van der Waals surface area contributed by atoms with Gasteiger partial charge in [0.2, 0.25) is 0 Å². The van der Waals surface area contributed by atoms with Crippen molar-refractivity contribution >= 4 is 29.0 Å². The number of hydrogen-bond acceptors (Lipinski definition) is 3. The molecule has 0 atom stereocenters. The average Bonchev–Trinajstić information content (AvgIpc) is 2.67. The van der Waals surface area contributed by atoms with Crippen LogP contribution in [0.3, 0.4) is 0 Å². The predicted octanol–water partition coefficient (Wildman–Crippen LogP) is 4.77. The van der Waals surface area contributed by atoms with Crippen LogP contribution in [0.15, 0.2) is 54.6 Å². The van der Waals surface area contributed by atoms with Gasteiger partial charge in [-0.05, 0) is 24.9 Å². The minimum absolute atomic E-state index is 0. The van der Waals surface area contributed by atoms with Gasteiger partial charge < -0.3 is 9.80 Å². The Bertz CT molecular complexity index is 871. The standard InChI is InChI=1S/C22H25N3.ClH/c1-3-24-11-13-25(14-12-24)22-20-10-9-17(2)15-19(20)16-21(23-22)18-7-5-4-6-8-18;/h4-10,15-16H,3,11-14H2,1-2H3;1H. The van der Waals surface area contributed by atoms with Crippen LogP contribution in [0.2, 0.25) is 0 Å². The second-order valence-electron chi connectivity index (χ2n) is 6.84. The number of halogens is 1. The van der Waals surface area contributed by atoms with Gasteiger partial charge in [-0.15, -0.1) is 12.4 Å². The maximum atomic E-state index is 5.08. The number of fused-ring (bicyclic) bond motifs is 1. The smallest absolute Gasteiger partial charge is 0.137 e. The molecule has 0 bridgehead atoms. The molecule has 2 aromatic carbocycles. The van der Waals surface area contributed by atoms with Gasteiger partial charge in [0.25, 0.3) is 0 Å². The van der Waals surface area contributed by atoms with Crippen molar-refractivity contribution in [1.29, 1.82) is 0 Å². The summed E-state index contributed by atoms with van der Waals surface area (Å²) in [5.74, 6) is 1.13. The minimum Gasteiger partial charge on any atom is -0.354 e. The Labute approximate surface area is 162 Å². The third-order valence-electron chi connectivity index (χ3n) is 5.16. The van der Waals surface area contributed by atoms with Crippen LogP contribution in [0, 0.1) is 6.92 Å². The lowest BCUT2D eigenvalue weighted by Crippen LogP contribution is -2.46. The topological polar surface area (TPSA) is 19.4 Å². The largest absolute Gasteiger partial charge is 0.354 e. The molecule has 0 amide bonds. The first-order valence-electron chi connectivity index (χ1n) is 9.19. The number of pyridine rings is 1. The van der Waals surface area contributed by atoms with E-state index in [0.717, 1.165) is 44.2 Å². The number of hydrogen-bond donors (Lipinski definition) is 0. The first-order valence-corrected chi connectivity index (χ1v) is 9.19. The Hall–Kier alpha value is -2.10. The fourth-order valence-corrected chi connectivity index (χ4v) is 3.63. The van der Waals surface area contributed by atoms with Crippen LogP contribution in [0.25, 0.3) is 22.0 Å². The van der Waals surface area contributed by atoms with E-state index in [4.69, 9.17) is 4.98 Å². The zero-order valence-electron chi connectivity index (χ0n) is 15.5. The molecule has 0 N–H and O–H groups in total. The van der Waals surface area contributed by atoms with Crippen LogP contribution in [0.5, 0.6) is 0 Å². The van der Waals surface area contributed by atoms with Crippen molar-refractivity contribution in [3.63, 3.8) is 0 Å². The summed E-state index contributed by atoms with van der Waals surface area (Å²) in [4.78, 5) is 10.0. The lowest BCUT2D eigenvalue weighted by molar-refractivity contribution is 0.271. The Kier molecular flexibility index (Phi) is 5.80. The first kappa shape index (κ1) is 18.7. The Morgan fingerprint density at radius 1 is 0.923 bits per heavy atom. The second kappa shape index (κ2) is 8.07. The zero-order valence-corrected chi connectivity index (χ0v) is 16.3. The lowest BCUT2D eigenvalue weighted by Gasteiger charge is -2.35. The molecule has 0 spiro atoms. The van der Waals surface area contributed by atoms with Crippen LogP contribution in [-0.4, -0.2) is 42.6 Å². The Morgan fingerprint density at radius 3 is 2.35 bits per heavy atom. The second-order valence-corrected chi connectivity index (χ2v) is 6.84. The van der Waals surface area contributed by atoms with Gasteiger partial charge in [0.1, 0.15) is 5.82 Å². The number of aryl methyl sites for hydroxylation is 1. The molecule has 2 heterocycles. The third kappa shape index (κ3) is 3.69. The van der Waals surface area contributed by atoms with Crippen LogP contribution in [0.1, 0.15) is 12.5 Å². The van der Waals surface area contributed by atoms with Crippen molar-refractivity contribution in [2.75, 3.05) is 37.6 Å². The summed E-state index contributed by atoms with van der Waals surface area (Å²) in [5.41, 5.74) is 3.53. The molecule has 1 aromatic heterocycles. The molecule has 3 aromatic rings. The third-order valence-corrected chi connectivity index (χ3v) is 5.16. The number of aromatic nitrogens is 1. The van der Waals surface area contributed by atoms with E-state index in [1.165, 1.54) is 21.9 Å². The molecular formula is C22H26ClN3. The summed E-state index contributed by atoms with van der Waals surface area (Å²) in [6, 6.07) is 19.4. The van der Waals surface area contributed by atoms with Gasteiger partial charge in [-0.1, -0.05) is 61.0 Å². The minimum atomic E-state index is 0. The van der Waals surface area contributed by atoms with Gasteiger partial charge in [0, 0.05) is 37.1 Å². The maximum Gasteiger partial charge on any atom is 0.137 e. The van der Waals surface area contributed by atoms with Gasteiger partial charge >= 0.3 is 0 Å². The van der Waals surface area contributed by atoms with E-state index in [1.807, 2.05) is 0 Å². The number of benzene rings is 2. The van der Waals surface area contributed by atoms with Gasteiger partial charge in [-0.2, -0.15) is 0 Å².